The monoisotopic (exact) mass is 448 g/mol. The van der Waals surface area contributed by atoms with Crippen LogP contribution in [0.25, 0.3) is 0 Å². The maximum atomic E-state index is 13.6. The highest BCUT2D eigenvalue weighted by Crippen LogP contribution is 2.37. The average molecular weight is 449 g/mol. The third-order valence-corrected chi connectivity index (χ3v) is 7.99. The summed E-state index contributed by atoms with van der Waals surface area (Å²) >= 11 is 6.15. The van der Waals surface area contributed by atoms with Crippen LogP contribution < -0.4 is 4.74 Å². The number of rotatable bonds is 4. The second-order valence-electron chi connectivity index (χ2n) is 8.62. The summed E-state index contributed by atoms with van der Waals surface area (Å²) in [5.41, 5.74) is 1.17. The fourth-order valence-corrected chi connectivity index (χ4v) is 6.63. The molecule has 0 unspecified atom stereocenters. The van der Waals surface area contributed by atoms with E-state index in [0.717, 1.165) is 37.5 Å². The van der Waals surface area contributed by atoms with Crippen molar-refractivity contribution < 1.29 is 13.2 Å². The highest BCUT2D eigenvalue weighted by molar-refractivity contribution is 7.89. The molecule has 0 aliphatic carbocycles. The Morgan fingerprint density at radius 1 is 1.10 bits per heavy atom. The zero-order valence-electron chi connectivity index (χ0n) is 17.5. The minimum Gasteiger partial charge on any atom is -0.487 e. The van der Waals surface area contributed by atoms with Gasteiger partial charge < -0.3 is 4.74 Å². The Bertz CT molecular complexity index is 995. The van der Waals surface area contributed by atoms with Crippen molar-refractivity contribution in [2.45, 2.75) is 50.3 Å². The van der Waals surface area contributed by atoms with Gasteiger partial charge in [-0.3, -0.25) is 4.90 Å². The van der Waals surface area contributed by atoms with Crippen molar-refractivity contribution in [1.29, 1.82) is 0 Å². The Balaban J connectivity index is 1.62. The first-order chi connectivity index (χ1) is 14.3. The number of hydrogen-bond donors (Lipinski definition) is 0. The van der Waals surface area contributed by atoms with Gasteiger partial charge in [0.15, 0.2) is 0 Å². The molecule has 2 aromatic rings. The smallest absolute Gasteiger partial charge is 0.247 e. The van der Waals surface area contributed by atoms with Crippen LogP contribution in [0.5, 0.6) is 5.75 Å². The Morgan fingerprint density at radius 2 is 1.87 bits per heavy atom. The van der Waals surface area contributed by atoms with Gasteiger partial charge in [0.2, 0.25) is 10.0 Å². The summed E-state index contributed by atoms with van der Waals surface area (Å²) < 4.78 is 35.2. The van der Waals surface area contributed by atoms with Gasteiger partial charge in [0.05, 0.1) is 6.04 Å². The molecule has 7 heteroatoms. The van der Waals surface area contributed by atoms with E-state index in [4.69, 9.17) is 16.3 Å². The molecule has 2 heterocycles. The van der Waals surface area contributed by atoms with Gasteiger partial charge in [-0.25, -0.2) is 8.42 Å². The minimum atomic E-state index is -3.61. The second kappa shape index (κ2) is 8.87. The van der Waals surface area contributed by atoms with E-state index in [1.165, 1.54) is 5.56 Å². The lowest BCUT2D eigenvalue weighted by Gasteiger charge is -2.32. The predicted octanol–water partition coefficient (Wildman–Crippen LogP) is 4.41. The van der Waals surface area contributed by atoms with Crippen molar-refractivity contribution in [2.75, 3.05) is 19.6 Å². The number of para-hydroxylation sites is 1. The number of fused-ring (bicyclic) bond motifs is 2. The van der Waals surface area contributed by atoms with Gasteiger partial charge in [0.1, 0.15) is 16.7 Å². The molecule has 0 spiro atoms. The van der Waals surface area contributed by atoms with Crippen LogP contribution in [0, 0.1) is 5.92 Å². The van der Waals surface area contributed by atoms with E-state index in [-0.39, 0.29) is 23.0 Å². The highest BCUT2D eigenvalue weighted by Gasteiger charge is 2.43. The summed E-state index contributed by atoms with van der Waals surface area (Å²) in [6.45, 7) is 7.08. The molecule has 2 aromatic carbocycles. The molecule has 2 aliphatic rings. The molecule has 0 bridgehead atoms. The van der Waals surface area contributed by atoms with Crippen LogP contribution in [-0.2, 0) is 16.6 Å². The van der Waals surface area contributed by atoms with Gasteiger partial charge in [-0.15, -0.1) is 0 Å². The lowest BCUT2D eigenvalue weighted by atomic mass is 10.0. The van der Waals surface area contributed by atoms with Crippen LogP contribution in [0.15, 0.2) is 53.4 Å². The molecule has 1 saturated heterocycles. The highest BCUT2D eigenvalue weighted by atomic mass is 35.5. The lowest BCUT2D eigenvalue weighted by Crippen LogP contribution is -2.48. The van der Waals surface area contributed by atoms with E-state index in [0.29, 0.717) is 12.3 Å². The van der Waals surface area contributed by atoms with E-state index in [1.807, 2.05) is 24.3 Å². The number of benzene rings is 2. The van der Waals surface area contributed by atoms with Gasteiger partial charge in [-0.05, 0) is 48.6 Å². The average Bonchev–Trinajstić information content (AvgIpc) is 2.92. The molecule has 4 rings (SSSR count). The van der Waals surface area contributed by atoms with Crippen LogP contribution in [-0.4, -0.2) is 49.4 Å². The first-order valence-electron chi connectivity index (χ1n) is 10.6. The first kappa shape index (κ1) is 21.6. The maximum absolute atomic E-state index is 13.6. The summed E-state index contributed by atoms with van der Waals surface area (Å²) in [4.78, 5) is 2.66. The molecule has 0 aromatic heterocycles. The minimum absolute atomic E-state index is 0.161. The topological polar surface area (TPSA) is 49.9 Å². The lowest BCUT2D eigenvalue weighted by molar-refractivity contribution is 0.108. The van der Waals surface area contributed by atoms with Crippen molar-refractivity contribution in [3.05, 3.63) is 59.1 Å². The number of halogens is 1. The maximum Gasteiger partial charge on any atom is 0.247 e. The van der Waals surface area contributed by atoms with E-state index >= 15 is 0 Å². The summed E-state index contributed by atoms with van der Waals surface area (Å²) in [5, 5.41) is 0.738. The molecule has 162 valence electrons. The van der Waals surface area contributed by atoms with Crippen molar-refractivity contribution in [2.24, 2.45) is 5.92 Å². The number of hydrogen-bond acceptors (Lipinski definition) is 4. The number of ether oxygens (including phenoxy) is 1. The normalized spacial score (nSPS) is 24.4. The van der Waals surface area contributed by atoms with Gasteiger partial charge in [-0.1, -0.05) is 49.7 Å². The molecule has 2 aliphatic heterocycles. The summed E-state index contributed by atoms with van der Waals surface area (Å²) in [5.74, 6) is 0.707. The molecule has 2 atom stereocenters. The van der Waals surface area contributed by atoms with Crippen LogP contribution in [0.3, 0.4) is 0 Å². The van der Waals surface area contributed by atoms with Gasteiger partial charge in [0, 0.05) is 31.2 Å². The zero-order valence-corrected chi connectivity index (χ0v) is 19.1. The predicted molar refractivity (Wildman–Crippen MR) is 119 cm³/mol. The quantitative estimate of drug-likeness (QED) is 0.695. The molecule has 0 amide bonds. The standard InChI is InChI=1S/C23H29ClN2O3S/c1-17(2)15-26-20-10-12-25(16-18-6-5-7-19(24)14-18)13-11-21(20)29-22-8-3-4-9-23(22)30(26,27)28/h3-9,14,17,20-21H,10-13,15-16H2,1-2H3/t20-,21-/m0/s1. The Labute approximate surface area is 184 Å². The van der Waals surface area contributed by atoms with Crippen molar-refractivity contribution in [1.82, 2.24) is 9.21 Å². The SMILES string of the molecule is CC(C)CN1[C@H]2CCN(Cc3cccc(Cl)c3)CC[C@@H]2Oc2ccccc2S1(=O)=O. The summed E-state index contributed by atoms with van der Waals surface area (Å²) in [6, 6.07) is 14.8. The van der Waals surface area contributed by atoms with E-state index in [1.54, 1.807) is 22.5 Å². The van der Waals surface area contributed by atoms with Gasteiger partial charge in [0.25, 0.3) is 0 Å². The van der Waals surface area contributed by atoms with Crippen molar-refractivity contribution in [3.63, 3.8) is 0 Å². The fraction of sp³-hybridized carbons (Fsp3) is 0.478. The Morgan fingerprint density at radius 3 is 2.63 bits per heavy atom. The third-order valence-electron chi connectivity index (χ3n) is 5.82. The van der Waals surface area contributed by atoms with Crippen molar-refractivity contribution in [3.8, 4) is 5.75 Å². The summed E-state index contributed by atoms with van der Waals surface area (Å²) in [6.07, 6.45) is 1.36. The molecule has 0 saturated carbocycles. The summed E-state index contributed by atoms with van der Waals surface area (Å²) in [7, 11) is -3.61. The molecule has 5 nitrogen and oxygen atoms in total. The first-order valence-corrected chi connectivity index (χ1v) is 12.4. The molecule has 1 fully saturated rings. The third kappa shape index (κ3) is 4.52. The van der Waals surface area contributed by atoms with E-state index in [2.05, 4.69) is 24.8 Å². The number of likely N-dealkylation sites (tertiary alicyclic amines) is 1. The van der Waals surface area contributed by atoms with Crippen LogP contribution >= 0.6 is 11.6 Å². The van der Waals surface area contributed by atoms with Crippen LogP contribution in [0.2, 0.25) is 5.02 Å². The molecular formula is C23H29ClN2O3S. The van der Waals surface area contributed by atoms with Crippen LogP contribution in [0.4, 0.5) is 0 Å². The van der Waals surface area contributed by atoms with E-state index < -0.39 is 10.0 Å². The number of sulfonamides is 1. The number of nitrogens with zero attached hydrogens (tertiary/aromatic N) is 2. The Kier molecular flexibility index (Phi) is 6.39. The molecular weight excluding hydrogens is 420 g/mol. The van der Waals surface area contributed by atoms with Gasteiger partial charge in [-0.2, -0.15) is 4.31 Å². The van der Waals surface area contributed by atoms with Crippen LogP contribution in [0.1, 0.15) is 32.3 Å². The van der Waals surface area contributed by atoms with Crippen molar-refractivity contribution >= 4 is 21.6 Å². The zero-order chi connectivity index (χ0) is 21.3. The van der Waals surface area contributed by atoms with Gasteiger partial charge >= 0.3 is 0 Å². The molecule has 0 N–H and O–H groups in total. The molecule has 0 radical (unpaired) electrons. The fourth-order valence-electron chi connectivity index (χ4n) is 4.45. The second-order valence-corrected chi connectivity index (χ2v) is 10.9. The largest absolute Gasteiger partial charge is 0.487 e. The van der Waals surface area contributed by atoms with E-state index in [9.17, 15) is 8.42 Å². The molecule has 30 heavy (non-hydrogen) atoms. The Hall–Kier alpha value is -1.60.